The fourth-order valence-corrected chi connectivity index (χ4v) is 3.26. The van der Waals surface area contributed by atoms with Crippen LogP contribution in [0.1, 0.15) is 38.2 Å². The molecular formula is C19H25NO. The van der Waals surface area contributed by atoms with Crippen LogP contribution in [0.25, 0.3) is 10.8 Å². The molecule has 21 heavy (non-hydrogen) atoms. The van der Waals surface area contributed by atoms with Crippen molar-refractivity contribution in [2.24, 2.45) is 5.92 Å². The average molecular weight is 283 g/mol. The van der Waals surface area contributed by atoms with E-state index in [2.05, 4.69) is 54.7 Å². The number of aliphatic hydroxyl groups is 1. The van der Waals surface area contributed by atoms with E-state index in [4.69, 9.17) is 0 Å². The van der Waals surface area contributed by atoms with Crippen molar-refractivity contribution in [3.63, 3.8) is 0 Å². The summed E-state index contributed by atoms with van der Waals surface area (Å²) in [7, 11) is 0. The summed E-state index contributed by atoms with van der Waals surface area (Å²) in [4.78, 5) is 0. The lowest BCUT2D eigenvalue weighted by Gasteiger charge is -2.35. The van der Waals surface area contributed by atoms with Crippen molar-refractivity contribution in [3.8, 4) is 0 Å². The van der Waals surface area contributed by atoms with E-state index in [1.807, 2.05) is 0 Å². The zero-order valence-corrected chi connectivity index (χ0v) is 12.8. The largest absolute Gasteiger partial charge is 0.389 e. The van der Waals surface area contributed by atoms with Crippen LogP contribution in [0.2, 0.25) is 0 Å². The van der Waals surface area contributed by atoms with Crippen LogP contribution in [-0.4, -0.2) is 17.3 Å². The summed E-state index contributed by atoms with van der Waals surface area (Å²) >= 11 is 0. The standard InChI is InChI=1S/C19H25NO/c1-15-8-10-19(21,11-9-15)14-20-13-16-6-7-17-4-2-3-5-18(17)12-16/h2-7,12,15,20-21H,8-11,13-14H2,1H3. The molecule has 2 heteroatoms. The Kier molecular flexibility index (Phi) is 4.27. The molecule has 112 valence electrons. The van der Waals surface area contributed by atoms with Gasteiger partial charge in [-0.05, 0) is 54.0 Å². The zero-order chi connectivity index (χ0) is 14.7. The van der Waals surface area contributed by atoms with Gasteiger partial charge in [0.1, 0.15) is 0 Å². The molecule has 2 N–H and O–H groups in total. The van der Waals surface area contributed by atoms with Crippen LogP contribution < -0.4 is 5.32 Å². The smallest absolute Gasteiger partial charge is 0.0771 e. The fourth-order valence-electron chi connectivity index (χ4n) is 3.26. The maximum Gasteiger partial charge on any atom is 0.0771 e. The maximum absolute atomic E-state index is 10.6. The minimum atomic E-state index is -0.497. The van der Waals surface area contributed by atoms with Gasteiger partial charge in [-0.25, -0.2) is 0 Å². The van der Waals surface area contributed by atoms with E-state index < -0.39 is 5.60 Å². The Morgan fingerprint density at radius 2 is 1.81 bits per heavy atom. The van der Waals surface area contributed by atoms with Crippen molar-refractivity contribution in [2.45, 2.75) is 44.8 Å². The number of nitrogens with one attached hydrogen (secondary N) is 1. The van der Waals surface area contributed by atoms with Gasteiger partial charge in [0.15, 0.2) is 0 Å². The van der Waals surface area contributed by atoms with Crippen LogP contribution >= 0.6 is 0 Å². The Bertz CT molecular complexity index is 599. The van der Waals surface area contributed by atoms with Gasteiger partial charge in [-0.15, -0.1) is 0 Å². The van der Waals surface area contributed by atoms with Gasteiger partial charge in [-0.1, -0.05) is 43.3 Å². The Morgan fingerprint density at radius 1 is 1.10 bits per heavy atom. The van der Waals surface area contributed by atoms with Crippen LogP contribution in [0.4, 0.5) is 0 Å². The molecule has 3 rings (SSSR count). The zero-order valence-electron chi connectivity index (χ0n) is 12.8. The normalized spacial score (nSPS) is 26.1. The van der Waals surface area contributed by atoms with Crippen LogP contribution in [0.3, 0.4) is 0 Å². The summed E-state index contributed by atoms with van der Waals surface area (Å²) in [6, 6.07) is 15.0. The van der Waals surface area contributed by atoms with Gasteiger partial charge in [0, 0.05) is 13.1 Å². The quantitative estimate of drug-likeness (QED) is 0.892. The van der Waals surface area contributed by atoms with E-state index in [-0.39, 0.29) is 0 Å². The second-order valence-electron chi connectivity index (χ2n) is 6.69. The monoisotopic (exact) mass is 283 g/mol. The number of fused-ring (bicyclic) bond motifs is 1. The molecule has 0 aliphatic heterocycles. The second-order valence-corrected chi connectivity index (χ2v) is 6.69. The van der Waals surface area contributed by atoms with Gasteiger partial charge in [0.25, 0.3) is 0 Å². The minimum absolute atomic E-state index is 0.497. The van der Waals surface area contributed by atoms with Gasteiger partial charge in [-0.3, -0.25) is 0 Å². The summed E-state index contributed by atoms with van der Waals surface area (Å²) in [5.74, 6) is 0.769. The van der Waals surface area contributed by atoms with Crippen LogP contribution in [-0.2, 0) is 6.54 Å². The predicted molar refractivity (Wildman–Crippen MR) is 88.2 cm³/mol. The highest BCUT2D eigenvalue weighted by Crippen LogP contribution is 2.31. The summed E-state index contributed by atoms with van der Waals surface area (Å²) < 4.78 is 0. The number of hydrogen-bond donors (Lipinski definition) is 2. The molecule has 0 radical (unpaired) electrons. The molecule has 1 fully saturated rings. The van der Waals surface area contributed by atoms with Gasteiger partial charge in [-0.2, -0.15) is 0 Å². The fraction of sp³-hybridized carbons (Fsp3) is 0.474. The SMILES string of the molecule is CC1CCC(O)(CNCc2ccc3ccccc3c2)CC1. The lowest BCUT2D eigenvalue weighted by atomic mass is 9.79. The Hall–Kier alpha value is -1.38. The third kappa shape index (κ3) is 3.63. The third-order valence-corrected chi connectivity index (χ3v) is 4.80. The van der Waals surface area contributed by atoms with E-state index in [9.17, 15) is 5.11 Å². The van der Waals surface area contributed by atoms with Crippen LogP contribution in [0.15, 0.2) is 42.5 Å². The first-order chi connectivity index (χ1) is 10.1. The first kappa shape index (κ1) is 14.6. The highest BCUT2D eigenvalue weighted by molar-refractivity contribution is 5.82. The van der Waals surface area contributed by atoms with Gasteiger partial charge in [0.2, 0.25) is 0 Å². The molecule has 0 spiro atoms. The Labute approximate surface area is 127 Å². The van der Waals surface area contributed by atoms with Gasteiger partial charge in [0.05, 0.1) is 5.60 Å². The van der Waals surface area contributed by atoms with Gasteiger partial charge < -0.3 is 10.4 Å². The second kappa shape index (κ2) is 6.17. The summed E-state index contributed by atoms with van der Waals surface area (Å²) in [6.45, 7) is 3.80. The first-order valence-corrected chi connectivity index (χ1v) is 8.05. The summed E-state index contributed by atoms with van der Waals surface area (Å²) in [5, 5.41) is 16.6. The Morgan fingerprint density at radius 3 is 2.57 bits per heavy atom. The number of benzene rings is 2. The van der Waals surface area contributed by atoms with Crippen molar-refractivity contribution in [1.82, 2.24) is 5.32 Å². The van der Waals surface area contributed by atoms with Crippen LogP contribution in [0, 0.1) is 5.92 Å². The summed E-state index contributed by atoms with van der Waals surface area (Å²) in [5.41, 5.74) is 0.782. The highest BCUT2D eigenvalue weighted by atomic mass is 16.3. The van der Waals surface area contributed by atoms with Crippen molar-refractivity contribution in [2.75, 3.05) is 6.54 Å². The molecule has 0 aromatic heterocycles. The number of hydrogen-bond acceptors (Lipinski definition) is 2. The van der Waals surface area contributed by atoms with E-state index >= 15 is 0 Å². The van der Waals surface area contributed by atoms with Crippen molar-refractivity contribution in [3.05, 3.63) is 48.0 Å². The molecule has 0 unspecified atom stereocenters. The Balaban J connectivity index is 1.56. The maximum atomic E-state index is 10.6. The summed E-state index contributed by atoms with van der Waals surface area (Å²) in [6.07, 6.45) is 4.15. The van der Waals surface area contributed by atoms with E-state index in [1.165, 1.54) is 16.3 Å². The molecule has 2 aromatic rings. The van der Waals surface area contributed by atoms with Crippen molar-refractivity contribution < 1.29 is 5.11 Å². The van der Waals surface area contributed by atoms with Crippen LogP contribution in [0.5, 0.6) is 0 Å². The van der Waals surface area contributed by atoms with Crippen molar-refractivity contribution >= 4 is 10.8 Å². The average Bonchev–Trinajstić information content (AvgIpc) is 2.50. The number of rotatable bonds is 4. The molecule has 2 nitrogen and oxygen atoms in total. The van der Waals surface area contributed by atoms with E-state index in [0.717, 1.165) is 38.1 Å². The molecule has 1 aliphatic carbocycles. The minimum Gasteiger partial charge on any atom is -0.389 e. The first-order valence-electron chi connectivity index (χ1n) is 8.05. The molecule has 0 saturated heterocycles. The molecule has 2 aromatic carbocycles. The molecular weight excluding hydrogens is 258 g/mol. The molecule has 1 aliphatic rings. The van der Waals surface area contributed by atoms with E-state index in [0.29, 0.717) is 6.54 Å². The molecule has 0 atom stereocenters. The molecule has 1 saturated carbocycles. The molecule has 0 heterocycles. The van der Waals surface area contributed by atoms with Crippen molar-refractivity contribution in [1.29, 1.82) is 0 Å². The topological polar surface area (TPSA) is 32.3 Å². The molecule has 0 amide bonds. The third-order valence-electron chi connectivity index (χ3n) is 4.80. The molecule has 0 bridgehead atoms. The predicted octanol–water partition coefficient (Wildman–Crippen LogP) is 3.87. The van der Waals surface area contributed by atoms with E-state index in [1.54, 1.807) is 0 Å². The lowest BCUT2D eigenvalue weighted by Crippen LogP contribution is -2.43. The van der Waals surface area contributed by atoms with Gasteiger partial charge >= 0.3 is 0 Å². The highest BCUT2D eigenvalue weighted by Gasteiger charge is 2.31. The lowest BCUT2D eigenvalue weighted by molar-refractivity contribution is -0.00629.